The number of ether oxygens (including phenoxy) is 2. The monoisotopic (exact) mass is 236 g/mol. The van der Waals surface area contributed by atoms with Crippen molar-refractivity contribution in [3.63, 3.8) is 0 Å². The molecule has 0 saturated carbocycles. The highest BCUT2D eigenvalue weighted by Crippen LogP contribution is 2.24. The number of para-hydroxylation sites is 1. The first-order valence-corrected chi connectivity index (χ1v) is 5.55. The first-order valence-electron chi connectivity index (χ1n) is 5.55. The molecule has 92 valence electrons. The third-order valence-electron chi connectivity index (χ3n) is 2.21. The van der Waals surface area contributed by atoms with Crippen LogP contribution in [0.25, 0.3) is 0 Å². The number of rotatable bonds is 5. The molecular weight excluding hydrogens is 220 g/mol. The molecule has 0 aliphatic heterocycles. The zero-order chi connectivity index (χ0) is 12.8. The molecule has 0 spiro atoms. The standard InChI is InChI=1S/C13H16O4/c1-4-16-12-9(3)7-6-8-10(12)11(14)13(15)17-5-2/h6-8H,4-5H2,1-3H3. The van der Waals surface area contributed by atoms with Crippen LogP contribution in [0.15, 0.2) is 18.2 Å². The lowest BCUT2D eigenvalue weighted by Gasteiger charge is -2.11. The largest absolute Gasteiger partial charge is 0.493 e. The predicted octanol–water partition coefficient (Wildman–Crippen LogP) is 2.14. The van der Waals surface area contributed by atoms with Gasteiger partial charge in [-0.3, -0.25) is 4.79 Å². The summed E-state index contributed by atoms with van der Waals surface area (Å²) in [6.07, 6.45) is 0. The van der Waals surface area contributed by atoms with Gasteiger partial charge in [-0.25, -0.2) is 4.79 Å². The quantitative estimate of drug-likeness (QED) is 0.446. The van der Waals surface area contributed by atoms with Crippen LogP contribution in [-0.2, 0) is 9.53 Å². The normalized spacial score (nSPS) is 9.82. The molecule has 0 fully saturated rings. The Hall–Kier alpha value is -1.84. The van der Waals surface area contributed by atoms with Crippen molar-refractivity contribution >= 4 is 11.8 Å². The topological polar surface area (TPSA) is 52.6 Å². The Morgan fingerprint density at radius 1 is 1.18 bits per heavy atom. The molecule has 1 aromatic carbocycles. The summed E-state index contributed by atoms with van der Waals surface area (Å²) in [5.41, 5.74) is 1.08. The van der Waals surface area contributed by atoms with Gasteiger partial charge in [0.25, 0.3) is 5.78 Å². The Balaban J connectivity index is 3.08. The zero-order valence-corrected chi connectivity index (χ0v) is 10.3. The van der Waals surface area contributed by atoms with E-state index in [0.717, 1.165) is 5.56 Å². The molecule has 17 heavy (non-hydrogen) atoms. The minimum atomic E-state index is -0.848. The van der Waals surface area contributed by atoms with Crippen LogP contribution in [0.2, 0.25) is 0 Å². The first-order chi connectivity index (χ1) is 8.11. The lowest BCUT2D eigenvalue weighted by molar-refractivity contribution is -0.137. The van der Waals surface area contributed by atoms with Gasteiger partial charge in [0.1, 0.15) is 5.75 Å². The second-order valence-corrected chi connectivity index (χ2v) is 3.43. The number of esters is 1. The molecule has 0 bridgehead atoms. The predicted molar refractivity (Wildman–Crippen MR) is 63.3 cm³/mol. The van der Waals surface area contributed by atoms with Crippen molar-refractivity contribution in [2.45, 2.75) is 20.8 Å². The van der Waals surface area contributed by atoms with Crippen molar-refractivity contribution in [2.24, 2.45) is 0 Å². The summed E-state index contributed by atoms with van der Waals surface area (Å²) < 4.78 is 10.1. The van der Waals surface area contributed by atoms with Crippen LogP contribution in [0.1, 0.15) is 29.8 Å². The fourth-order valence-corrected chi connectivity index (χ4v) is 1.47. The number of carbonyl (C=O) groups excluding carboxylic acids is 2. The van der Waals surface area contributed by atoms with Crippen LogP contribution < -0.4 is 4.74 Å². The van der Waals surface area contributed by atoms with Gasteiger partial charge in [-0.05, 0) is 32.4 Å². The average Bonchev–Trinajstić information content (AvgIpc) is 2.31. The summed E-state index contributed by atoms with van der Waals surface area (Å²) in [4.78, 5) is 23.2. The third-order valence-corrected chi connectivity index (χ3v) is 2.21. The number of aryl methyl sites for hydroxylation is 1. The molecule has 0 radical (unpaired) electrons. The number of carbonyl (C=O) groups is 2. The van der Waals surface area contributed by atoms with Crippen LogP contribution in [0.5, 0.6) is 5.75 Å². The van der Waals surface area contributed by atoms with Crippen molar-refractivity contribution in [1.82, 2.24) is 0 Å². The van der Waals surface area contributed by atoms with E-state index in [4.69, 9.17) is 4.74 Å². The highest BCUT2D eigenvalue weighted by Gasteiger charge is 2.22. The van der Waals surface area contributed by atoms with Gasteiger partial charge in [0.05, 0.1) is 18.8 Å². The second kappa shape index (κ2) is 6.03. The van der Waals surface area contributed by atoms with Crippen LogP contribution >= 0.6 is 0 Å². The van der Waals surface area contributed by atoms with Gasteiger partial charge < -0.3 is 9.47 Å². The van der Waals surface area contributed by atoms with Gasteiger partial charge in [-0.15, -0.1) is 0 Å². The molecular formula is C13H16O4. The van der Waals surface area contributed by atoms with Crippen molar-refractivity contribution in [3.05, 3.63) is 29.3 Å². The van der Waals surface area contributed by atoms with E-state index >= 15 is 0 Å². The van der Waals surface area contributed by atoms with E-state index < -0.39 is 11.8 Å². The molecule has 0 N–H and O–H groups in total. The van der Waals surface area contributed by atoms with Gasteiger partial charge in [0, 0.05) is 0 Å². The van der Waals surface area contributed by atoms with Crippen molar-refractivity contribution in [2.75, 3.05) is 13.2 Å². The lowest BCUT2D eigenvalue weighted by atomic mass is 10.1. The highest BCUT2D eigenvalue weighted by molar-refractivity contribution is 6.41. The number of hydrogen-bond acceptors (Lipinski definition) is 4. The number of ketones is 1. The molecule has 0 saturated heterocycles. The fourth-order valence-electron chi connectivity index (χ4n) is 1.47. The van der Waals surface area contributed by atoms with Crippen LogP contribution in [0.3, 0.4) is 0 Å². The lowest BCUT2D eigenvalue weighted by Crippen LogP contribution is -2.18. The molecule has 0 atom stereocenters. The SMILES string of the molecule is CCOC(=O)C(=O)c1cccc(C)c1OCC. The Morgan fingerprint density at radius 2 is 1.88 bits per heavy atom. The summed E-state index contributed by atoms with van der Waals surface area (Å²) in [6, 6.07) is 5.11. The summed E-state index contributed by atoms with van der Waals surface area (Å²) >= 11 is 0. The zero-order valence-electron chi connectivity index (χ0n) is 10.3. The van der Waals surface area contributed by atoms with Crippen LogP contribution in [0.4, 0.5) is 0 Å². The van der Waals surface area contributed by atoms with Crippen LogP contribution in [0, 0.1) is 6.92 Å². The number of benzene rings is 1. The van der Waals surface area contributed by atoms with E-state index in [-0.39, 0.29) is 12.2 Å². The molecule has 1 rings (SSSR count). The van der Waals surface area contributed by atoms with E-state index in [2.05, 4.69) is 4.74 Å². The Morgan fingerprint density at radius 3 is 2.47 bits per heavy atom. The summed E-state index contributed by atoms with van der Waals surface area (Å²) in [6.45, 7) is 5.93. The Bertz CT molecular complexity index is 423. The Kier molecular flexibility index (Phi) is 4.69. The number of hydrogen-bond donors (Lipinski definition) is 0. The molecule has 0 aliphatic carbocycles. The van der Waals surface area contributed by atoms with E-state index in [0.29, 0.717) is 12.4 Å². The molecule has 0 aromatic heterocycles. The highest BCUT2D eigenvalue weighted by atomic mass is 16.5. The first kappa shape index (κ1) is 13.2. The van der Waals surface area contributed by atoms with Crippen molar-refractivity contribution in [3.8, 4) is 5.75 Å². The summed E-state index contributed by atoms with van der Waals surface area (Å²) in [7, 11) is 0. The molecule has 0 aliphatic rings. The molecule has 1 aromatic rings. The fraction of sp³-hybridized carbons (Fsp3) is 0.385. The van der Waals surface area contributed by atoms with Gasteiger partial charge in [-0.1, -0.05) is 12.1 Å². The molecule has 0 unspecified atom stereocenters. The van der Waals surface area contributed by atoms with Gasteiger partial charge in [0.2, 0.25) is 0 Å². The summed E-state index contributed by atoms with van der Waals surface area (Å²) in [5.74, 6) is -1.06. The minimum Gasteiger partial charge on any atom is -0.493 e. The average molecular weight is 236 g/mol. The van der Waals surface area contributed by atoms with Gasteiger partial charge >= 0.3 is 5.97 Å². The smallest absolute Gasteiger partial charge is 0.379 e. The molecule has 0 amide bonds. The Labute approximate surface area is 101 Å². The maximum absolute atomic E-state index is 11.8. The summed E-state index contributed by atoms with van der Waals surface area (Å²) in [5, 5.41) is 0. The molecule has 4 heteroatoms. The van der Waals surface area contributed by atoms with E-state index in [9.17, 15) is 9.59 Å². The maximum Gasteiger partial charge on any atom is 0.379 e. The van der Waals surface area contributed by atoms with E-state index in [1.165, 1.54) is 0 Å². The second-order valence-electron chi connectivity index (χ2n) is 3.43. The van der Waals surface area contributed by atoms with E-state index in [1.807, 2.05) is 19.9 Å². The van der Waals surface area contributed by atoms with E-state index in [1.54, 1.807) is 19.1 Å². The molecule has 0 heterocycles. The number of Topliss-reactive ketones (excluding diaryl/α,β-unsaturated/α-hetero) is 1. The molecule has 4 nitrogen and oxygen atoms in total. The third kappa shape index (κ3) is 3.06. The van der Waals surface area contributed by atoms with Gasteiger partial charge in [-0.2, -0.15) is 0 Å². The van der Waals surface area contributed by atoms with Gasteiger partial charge in [0.15, 0.2) is 0 Å². The maximum atomic E-state index is 11.8. The van der Waals surface area contributed by atoms with Crippen molar-refractivity contribution in [1.29, 1.82) is 0 Å². The van der Waals surface area contributed by atoms with Crippen molar-refractivity contribution < 1.29 is 19.1 Å². The van der Waals surface area contributed by atoms with Crippen LogP contribution in [-0.4, -0.2) is 25.0 Å². The minimum absolute atomic E-state index is 0.181.